The van der Waals surface area contributed by atoms with Crippen molar-refractivity contribution in [2.24, 2.45) is 0 Å². The van der Waals surface area contributed by atoms with Crippen molar-refractivity contribution >= 4 is 22.6 Å². The van der Waals surface area contributed by atoms with Gasteiger partial charge in [-0.25, -0.2) is 4.98 Å². The molecular weight excluding hydrogens is 284 g/mol. The first-order chi connectivity index (χ1) is 10.7. The van der Waals surface area contributed by atoms with Crippen LogP contribution >= 0.6 is 0 Å². The molecule has 0 aliphatic rings. The summed E-state index contributed by atoms with van der Waals surface area (Å²) in [6.07, 6.45) is 1.43. The number of fused-ring (bicyclic) bond motifs is 1. The third-order valence-corrected chi connectivity index (χ3v) is 3.23. The first-order valence-electron chi connectivity index (χ1n) is 6.87. The summed E-state index contributed by atoms with van der Waals surface area (Å²) in [5.41, 5.74) is 3.02. The summed E-state index contributed by atoms with van der Waals surface area (Å²) in [7, 11) is 0. The van der Waals surface area contributed by atoms with E-state index < -0.39 is 0 Å². The van der Waals surface area contributed by atoms with Crippen molar-refractivity contribution in [1.82, 2.24) is 15.1 Å². The molecule has 0 aliphatic carbocycles. The molecule has 0 unspecified atom stereocenters. The molecule has 22 heavy (non-hydrogen) atoms. The Labute approximate surface area is 126 Å². The summed E-state index contributed by atoms with van der Waals surface area (Å²) >= 11 is 0. The molecule has 0 saturated heterocycles. The second kappa shape index (κ2) is 5.98. The van der Waals surface area contributed by atoms with E-state index in [1.165, 1.54) is 6.33 Å². The topological polar surface area (TPSA) is 93.3 Å². The minimum absolute atomic E-state index is 0.00880. The van der Waals surface area contributed by atoms with Crippen LogP contribution in [-0.4, -0.2) is 33.4 Å². The number of ether oxygens (including phenoxy) is 1. The molecule has 0 aliphatic heterocycles. The molecule has 2 heterocycles. The number of aromatic nitrogens is 3. The molecule has 0 amide bonds. The standard InChI is InChI=1S/C15H16N4O3/c1-9-7-11(3-4-12(9)21-6-5-20)18-14-13-10(2)19-22-15(13)17-8-16-14/h3-4,7-8,20H,5-6H2,1-2H3,(H,16,17,18). The Kier molecular flexibility index (Phi) is 3.88. The van der Waals surface area contributed by atoms with Gasteiger partial charge in [-0.3, -0.25) is 0 Å². The largest absolute Gasteiger partial charge is 0.491 e. The summed E-state index contributed by atoms with van der Waals surface area (Å²) in [6, 6.07) is 5.69. The highest BCUT2D eigenvalue weighted by Gasteiger charge is 2.12. The van der Waals surface area contributed by atoms with E-state index in [4.69, 9.17) is 14.4 Å². The number of nitrogens with zero attached hydrogens (tertiary/aromatic N) is 3. The van der Waals surface area contributed by atoms with Gasteiger partial charge in [-0.2, -0.15) is 4.98 Å². The zero-order chi connectivity index (χ0) is 15.5. The van der Waals surface area contributed by atoms with Crippen LogP contribution in [0.15, 0.2) is 29.0 Å². The Balaban J connectivity index is 1.89. The van der Waals surface area contributed by atoms with Crippen LogP contribution in [-0.2, 0) is 0 Å². The van der Waals surface area contributed by atoms with E-state index in [1.807, 2.05) is 32.0 Å². The van der Waals surface area contributed by atoms with Gasteiger partial charge in [0.25, 0.3) is 5.71 Å². The van der Waals surface area contributed by atoms with Gasteiger partial charge in [-0.1, -0.05) is 5.16 Å². The number of anilines is 2. The minimum atomic E-state index is -0.00880. The molecule has 114 valence electrons. The van der Waals surface area contributed by atoms with Crippen molar-refractivity contribution in [1.29, 1.82) is 0 Å². The summed E-state index contributed by atoms with van der Waals surface area (Å²) in [4.78, 5) is 8.30. The summed E-state index contributed by atoms with van der Waals surface area (Å²) < 4.78 is 10.6. The Bertz CT molecular complexity index is 801. The van der Waals surface area contributed by atoms with Crippen molar-refractivity contribution in [2.45, 2.75) is 13.8 Å². The number of hydrogen-bond donors (Lipinski definition) is 2. The minimum Gasteiger partial charge on any atom is -0.491 e. The average Bonchev–Trinajstić information content (AvgIpc) is 2.89. The highest BCUT2D eigenvalue weighted by atomic mass is 16.5. The maximum atomic E-state index is 8.81. The third-order valence-electron chi connectivity index (χ3n) is 3.23. The van der Waals surface area contributed by atoms with Gasteiger partial charge in [0.15, 0.2) is 0 Å². The molecular formula is C15H16N4O3. The fraction of sp³-hybridized carbons (Fsp3) is 0.267. The SMILES string of the molecule is Cc1cc(Nc2ncnc3onc(C)c23)ccc1OCCO. The number of aryl methyl sites for hydroxylation is 2. The molecule has 2 N–H and O–H groups in total. The number of nitrogens with one attached hydrogen (secondary N) is 1. The first-order valence-corrected chi connectivity index (χ1v) is 6.87. The molecule has 0 radical (unpaired) electrons. The Morgan fingerprint density at radius 2 is 2.14 bits per heavy atom. The molecule has 0 saturated carbocycles. The lowest BCUT2D eigenvalue weighted by Crippen LogP contribution is -2.03. The van der Waals surface area contributed by atoms with E-state index >= 15 is 0 Å². The lowest BCUT2D eigenvalue weighted by Gasteiger charge is -2.11. The van der Waals surface area contributed by atoms with Gasteiger partial charge in [0.1, 0.15) is 29.9 Å². The van der Waals surface area contributed by atoms with Crippen LogP contribution in [0.4, 0.5) is 11.5 Å². The molecule has 3 rings (SSSR count). The van der Waals surface area contributed by atoms with Gasteiger partial charge < -0.3 is 19.7 Å². The summed E-state index contributed by atoms with van der Waals surface area (Å²) in [6.45, 7) is 4.06. The predicted molar refractivity (Wildman–Crippen MR) is 81.4 cm³/mol. The maximum absolute atomic E-state index is 8.81. The average molecular weight is 300 g/mol. The first kappa shape index (κ1) is 14.3. The van der Waals surface area contributed by atoms with Crippen LogP contribution < -0.4 is 10.1 Å². The number of benzene rings is 1. The van der Waals surface area contributed by atoms with Gasteiger partial charge in [-0.05, 0) is 37.6 Å². The smallest absolute Gasteiger partial charge is 0.263 e. The molecule has 0 fully saturated rings. The lowest BCUT2D eigenvalue weighted by atomic mass is 10.2. The van der Waals surface area contributed by atoms with Gasteiger partial charge in [-0.15, -0.1) is 0 Å². The van der Waals surface area contributed by atoms with Gasteiger partial charge >= 0.3 is 0 Å². The second-order valence-corrected chi connectivity index (χ2v) is 4.85. The van der Waals surface area contributed by atoms with E-state index in [9.17, 15) is 0 Å². The van der Waals surface area contributed by atoms with E-state index in [0.29, 0.717) is 11.5 Å². The number of aliphatic hydroxyl groups excluding tert-OH is 1. The van der Waals surface area contributed by atoms with Crippen LogP contribution in [0.1, 0.15) is 11.3 Å². The quantitative estimate of drug-likeness (QED) is 0.747. The normalized spacial score (nSPS) is 10.9. The molecule has 7 nitrogen and oxygen atoms in total. The van der Waals surface area contributed by atoms with E-state index in [2.05, 4.69) is 20.4 Å². The summed E-state index contributed by atoms with van der Waals surface area (Å²) in [5, 5.41) is 16.7. The Morgan fingerprint density at radius 1 is 1.27 bits per heavy atom. The van der Waals surface area contributed by atoms with E-state index in [0.717, 1.165) is 28.1 Å². The van der Waals surface area contributed by atoms with Crippen LogP contribution in [0.2, 0.25) is 0 Å². The third kappa shape index (κ3) is 2.71. The Hall–Kier alpha value is -2.67. The van der Waals surface area contributed by atoms with E-state index in [1.54, 1.807) is 0 Å². The van der Waals surface area contributed by atoms with Crippen molar-refractivity contribution in [3.8, 4) is 5.75 Å². The van der Waals surface area contributed by atoms with Crippen molar-refractivity contribution in [2.75, 3.05) is 18.5 Å². The van der Waals surface area contributed by atoms with E-state index in [-0.39, 0.29) is 13.2 Å². The molecule has 1 aromatic carbocycles. The lowest BCUT2D eigenvalue weighted by molar-refractivity contribution is 0.200. The molecule has 0 spiro atoms. The zero-order valence-corrected chi connectivity index (χ0v) is 12.3. The Morgan fingerprint density at radius 3 is 2.91 bits per heavy atom. The number of rotatable bonds is 5. The predicted octanol–water partition coefficient (Wildman–Crippen LogP) is 2.35. The van der Waals surface area contributed by atoms with Gasteiger partial charge in [0, 0.05) is 5.69 Å². The van der Waals surface area contributed by atoms with Crippen molar-refractivity contribution in [3.63, 3.8) is 0 Å². The monoisotopic (exact) mass is 300 g/mol. The van der Waals surface area contributed by atoms with Crippen LogP contribution in [0.25, 0.3) is 11.1 Å². The van der Waals surface area contributed by atoms with Crippen LogP contribution in [0, 0.1) is 13.8 Å². The summed E-state index contributed by atoms with van der Waals surface area (Å²) in [5.74, 6) is 1.39. The highest BCUT2D eigenvalue weighted by Crippen LogP contribution is 2.28. The van der Waals surface area contributed by atoms with Crippen LogP contribution in [0.3, 0.4) is 0 Å². The second-order valence-electron chi connectivity index (χ2n) is 4.85. The highest BCUT2D eigenvalue weighted by molar-refractivity contribution is 5.89. The van der Waals surface area contributed by atoms with Gasteiger partial charge in [0.05, 0.1) is 12.3 Å². The molecule has 7 heteroatoms. The fourth-order valence-corrected chi connectivity index (χ4v) is 2.20. The molecule has 2 aromatic heterocycles. The van der Waals surface area contributed by atoms with Crippen LogP contribution in [0.5, 0.6) is 5.75 Å². The molecule has 3 aromatic rings. The maximum Gasteiger partial charge on any atom is 0.263 e. The zero-order valence-electron chi connectivity index (χ0n) is 12.3. The van der Waals surface area contributed by atoms with Crippen molar-refractivity contribution in [3.05, 3.63) is 35.8 Å². The fourth-order valence-electron chi connectivity index (χ4n) is 2.20. The molecule has 0 bridgehead atoms. The van der Waals surface area contributed by atoms with Gasteiger partial charge in [0.2, 0.25) is 0 Å². The number of hydrogen-bond acceptors (Lipinski definition) is 7. The molecule has 0 atom stereocenters. The van der Waals surface area contributed by atoms with Crippen molar-refractivity contribution < 1.29 is 14.4 Å². The number of aliphatic hydroxyl groups is 1.